The molecule has 1 rings (SSSR count). The molecule has 2 N–H and O–H groups in total. The van der Waals surface area contributed by atoms with Crippen molar-refractivity contribution in [3.8, 4) is 0 Å². The normalized spacial score (nSPS) is 12.5. The van der Waals surface area contributed by atoms with E-state index in [9.17, 15) is 0 Å². The molecule has 1 aromatic rings. The molecule has 1 aromatic carbocycles. The van der Waals surface area contributed by atoms with Crippen LogP contribution in [0.3, 0.4) is 0 Å². The Morgan fingerprint density at radius 1 is 1.57 bits per heavy atom. The Morgan fingerprint density at radius 3 is 2.86 bits per heavy atom. The number of hydrogen-bond acceptors (Lipinski definition) is 1. The van der Waals surface area contributed by atoms with Crippen LogP contribution in [0.5, 0.6) is 0 Å². The molecule has 0 aromatic heterocycles. The van der Waals surface area contributed by atoms with Crippen molar-refractivity contribution in [3.05, 3.63) is 45.9 Å². The number of benzene rings is 1. The maximum atomic E-state index is 5.99. The van der Waals surface area contributed by atoms with Gasteiger partial charge in [0.2, 0.25) is 0 Å². The van der Waals surface area contributed by atoms with Crippen molar-refractivity contribution in [3.63, 3.8) is 0 Å². The van der Waals surface area contributed by atoms with Gasteiger partial charge in [-0.15, -0.1) is 6.58 Å². The zero-order valence-corrected chi connectivity index (χ0v) is 10.2. The van der Waals surface area contributed by atoms with Crippen LogP contribution >= 0.6 is 27.5 Å². The Balaban J connectivity index is 2.75. The minimum Gasteiger partial charge on any atom is -0.324 e. The van der Waals surface area contributed by atoms with E-state index in [2.05, 4.69) is 22.5 Å². The molecule has 0 saturated carbocycles. The number of hydrogen-bond donors (Lipinski definition) is 1. The predicted molar refractivity (Wildman–Crippen MR) is 65.5 cm³/mol. The van der Waals surface area contributed by atoms with E-state index in [1.165, 1.54) is 0 Å². The van der Waals surface area contributed by atoms with Gasteiger partial charge in [-0.25, -0.2) is 0 Å². The first-order chi connectivity index (χ1) is 6.65. The molecule has 0 saturated heterocycles. The fraction of sp³-hybridized carbons (Fsp3) is 0.273. The number of allylic oxidation sites excluding steroid dienone is 1. The van der Waals surface area contributed by atoms with Crippen molar-refractivity contribution >= 4 is 27.5 Å². The van der Waals surface area contributed by atoms with Crippen molar-refractivity contribution in [1.29, 1.82) is 0 Å². The van der Waals surface area contributed by atoms with E-state index >= 15 is 0 Å². The van der Waals surface area contributed by atoms with Crippen molar-refractivity contribution in [1.82, 2.24) is 0 Å². The van der Waals surface area contributed by atoms with Gasteiger partial charge in [0.25, 0.3) is 0 Å². The molecule has 1 atom stereocenters. The van der Waals surface area contributed by atoms with Crippen molar-refractivity contribution < 1.29 is 0 Å². The molecule has 0 unspecified atom stereocenters. The monoisotopic (exact) mass is 273 g/mol. The molecular weight excluding hydrogens is 261 g/mol. The van der Waals surface area contributed by atoms with Gasteiger partial charge >= 0.3 is 0 Å². The van der Waals surface area contributed by atoms with Gasteiger partial charge in [0.05, 0.1) is 5.02 Å². The first-order valence-corrected chi connectivity index (χ1v) is 5.63. The topological polar surface area (TPSA) is 26.0 Å². The summed E-state index contributed by atoms with van der Waals surface area (Å²) in [4.78, 5) is 0. The average Bonchev–Trinajstić information content (AvgIpc) is 2.18. The van der Waals surface area contributed by atoms with E-state index in [0.717, 1.165) is 22.9 Å². The second-order valence-electron chi connectivity index (χ2n) is 3.15. The van der Waals surface area contributed by atoms with Gasteiger partial charge in [-0.1, -0.05) is 23.7 Å². The van der Waals surface area contributed by atoms with Crippen LogP contribution in [0.25, 0.3) is 0 Å². The second-order valence-corrected chi connectivity index (χ2v) is 4.41. The summed E-state index contributed by atoms with van der Waals surface area (Å²) in [6.45, 7) is 3.67. The molecule has 76 valence electrons. The molecule has 0 heterocycles. The average molecular weight is 275 g/mol. The van der Waals surface area contributed by atoms with E-state index in [-0.39, 0.29) is 6.04 Å². The van der Waals surface area contributed by atoms with Gasteiger partial charge in [-0.05, 0) is 46.5 Å². The summed E-state index contributed by atoms with van der Waals surface area (Å²) in [6, 6.07) is 5.84. The first-order valence-electron chi connectivity index (χ1n) is 4.46. The first kappa shape index (κ1) is 11.8. The van der Waals surface area contributed by atoms with E-state index in [0.29, 0.717) is 5.02 Å². The number of nitrogens with two attached hydrogens (primary N) is 1. The highest BCUT2D eigenvalue weighted by Gasteiger charge is 2.06. The fourth-order valence-corrected chi connectivity index (χ4v) is 1.72. The number of halogens is 2. The predicted octanol–water partition coefficient (Wildman–Crippen LogP) is 4.07. The van der Waals surface area contributed by atoms with Crippen LogP contribution in [0, 0.1) is 0 Å². The second kappa shape index (κ2) is 5.54. The van der Waals surface area contributed by atoms with E-state index in [1.807, 2.05) is 24.3 Å². The van der Waals surface area contributed by atoms with Gasteiger partial charge in [-0.2, -0.15) is 0 Å². The summed E-state index contributed by atoms with van der Waals surface area (Å²) in [5.41, 5.74) is 7.09. The quantitative estimate of drug-likeness (QED) is 0.823. The summed E-state index contributed by atoms with van der Waals surface area (Å²) in [6.07, 6.45) is 3.73. The van der Waals surface area contributed by atoms with E-state index < -0.39 is 0 Å². The van der Waals surface area contributed by atoms with Gasteiger partial charge in [0.15, 0.2) is 0 Å². The van der Waals surface area contributed by atoms with Crippen molar-refractivity contribution in [2.45, 2.75) is 18.9 Å². The van der Waals surface area contributed by atoms with Crippen LogP contribution in [-0.2, 0) is 0 Å². The summed E-state index contributed by atoms with van der Waals surface area (Å²) < 4.78 is 0.894. The molecule has 0 radical (unpaired) electrons. The van der Waals surface area contributed by atoms with Crippen LogP contribution in [0.2, 0.25) is 5.02 Å². The lowest BCUT2D eigenvalue weighted by molar-refractivity contribution is 0.661. The highest BCUT2D eigenvalue weighted by atomic mass is 79.9. The summed E-state index contributed by atoms with van der Waals surface area (Å²) >= 11 is 9.26. The molecule has 0 amide bonds. The van der Waals surface area contributed by atoms with Crippen LogP contribution in [-0.4, -0.2) is 0 Å². The molecule has 0 spiro atoms. The summed E-state index contributed by atoms with van der Waals surface area (Å²) in [5, 5.41) is 0.713. The van der Waals surface area contributed by atoms with Gasteiger partial charge in [0, 0.05) is 10.5 Å². The summed E-state index contributed by atoms with van der Waals surface area (Å²) in [7, 11) is 0. The van der Waals surface area contributed by atoms with Crippen LogP contribution < -0.4 is 5.73 Å². The lowest BCUT2D eigenvalue weighted by atomic mass is 10.0. The number of rotatable bonds is 4. The maximum absolute atomic E-state index is 5.99. The Kier molecular flexibility index (Phi) is 4.66. The van der Waals surface area contributed by atoms with Crippen LogP contribution in [0.4, 0.5) is 0 Å². The third-order valence-corrected chi connectivity index (χ3v) is 3.27. The van der Waals surface area contributed by atoms with Crippen LogP contribution in [0.15, 0.2) is 35.3 Å². The molecule has 3 heteroatoms. The standard InChI is InChI=1S/C11H13BrClN/c1-2-3-4-11(14)8-5-6-10(13)9(12)7-8/h2,5-7,11H,1,3-4,14H2/t11-/m0/s1. The molecule has 0 aliphatic rings. The van der Waals surface area contributed by atoms with Gasteiger partial charge in [-0.3, -0.25) is 0 Å². The maximum Gasteiger partial charge on any atom is 0.0548 e. The molecule has 1 nitrogen and oxygen atoms in total. The largest absolute Gasteiger partial charge is 0.324 e. The molecule has 0 aliphatic heterocycles. The Labute approximate surface area is 98.1 Å². The van der Waals surface area contributed by atoms with E-state index in [1.54, 1.807) is 0 Å². The van der Waals surface area contributed by atoms with Gasteiger partial charge in [0.1, 0.15) is 0 Å². The zero-order valence-electron chi connectivity index (χ0n) is 7.84. The molecule has 0 aliphatic carbocycles. The van der Waals surface area contributed by atoms with Crippen LogP contribution in [0.1, 0.15) is 24.4 Å². The highest BCUT2D eigenvalue weighted by Crippen LogP contribution is 2.26. The third kappa shape index (κ3) is 3.12. The zero-order chi connectivity index (χ0) is 10.6. The van der Waals surface area contributed by atoms with Crippen molar-refractivity contribution in [2.24, 2.45) is 5.73 Å². The Bertz CT molecular complexity index is 325. The summed E-state index contributed by atoms with van der Waals surface area (Å²) in [5.74, 6) is 0. The lowest BCUT2D eigenvalue weighted by Crippen LogP contribution is -2.09. The SMILES string of the molecule is C=CCC[C@H](N)c1ccc(Cl)c(Br)c1. The van der Waals surface area contributed by atoms with Crippen molar-refractivity contribution in [2.75, 3.05) is 0 Å². The van der Waals surface area contributed by atoms with E-state index in [4.69, 9.17) is 17.3 Å². The molecule has 14 heavy (non-hydrogen) atoms. The minimum atomic E-state index is 0.0570. The Morgan fingerprint density at radius 2 is 2.29 bits per heavy atom. The Hall–Kier alpha value is -0.310. The highest BCUT2D eigenvalue weighted by molar-refractivity contribution is 9.10. The third-order valence-electron chi connectivity index (χ3n) is 2.05. The minimum absolute atomic E-state index is 0.0570. The molecular formula is C11H13BrClN. The van der Waals surface area contributed by atoms with Gasteiger partial charge < -0.3 is 5.73 Å². The molecule has 0 fully saturated rings. The molecule has 0 bridgehead atoms. The lowest BCUT2D eigenvalue weighted by Gasteiger charge is -2.11. The smallest absolute Gasteiger partial charge is 0.0548 e. The fourth-order valence-electron chi connectivity index (χ4n) is 1.21.